The summed E-state index contributed by atoms with van der Waals surface area (Å²) >= 11 is 0. The van der Waals surface area contributed by atoms with Crippen LogP contribution in [0.15, 0.2) is 17.3 Å². The van der Waals surface area contributed by atoms with E-state index in [1.165, 1.54) is 0 Å². The summed E-state index contributed by atoms with van der Waals surface area (Å²) in [5.74, 6) is 0.839. The Morgan fingerprint density at radius 1 is 1.53 bits per heavy atom. The lowest BCUT2D eigenvalue weighted by molar-refractivity contribution is 0.671. The molecular weight excluding hydrogens is 192 g/mol. The molecule has 2 aromatic heterocycles. The average Bonchev–Trinajstić information content (AvgIpc) is 2.83. The van der Waals surface area contributed by atoms with Gasteiger partial charge >= 0.3 is 0 Å². The monoisotopic (exact) mass is 202 g/mol. The van der Waals surface area contributed by atoms with Crippen LogP contribution in [0.5, 0.6) is 0 Å². The van der Waals surface area contributed by atoms with Gasteiger partial charge in [-0.15, -0.1) is 5.10 Å². The first kappa shape index (κ1) is 8.34. The zero-order chi connectivity index (χ0) is 10.3. The van der Waals surface area contributed by atoms with Crippen molar-refractivity contribution < 1.29 is 0 Å². The molecule has 3 rings (SSSR count). The smallest absolute Gasteiger partial charge is 0.151 e. The Bertz CT molecular complexity index is 495. The van der Waals surface area contributed by atoms with Crippen LogP contribution >= 0.6 is 0 Å². The molecule has 0 fully saturated rings. The number of rotatable bonds is 1. The number of aromatic amines is 1. The minimum absolute atomic E-state index is 0.290. The average molecular weight is 202 g/mol. The first-order valence-corrected chi connectivity index (χ1v) is 4.82. The highest BCUT2D eigenvalue weighted by molar-refractivity contribution is 5.79. The summed E-state index contributed by atoms with van der Waals surface area (Å²) in [6.07, 6.45) is 4.34. The maximum absolute atomic E-state index is 4.30. The highest BCUT2D eigenvalue weighted by Gasteiger charge is 2.19. The first-order chi connectivity index (χ1) is 7.34. The largest absolute Gasteiger partial charge is 0.287 e. The summed E-state index contributed by atoms with van der Waals surface area (Å²) in [5.41, 5.74) is 1.93. The van der Waals surface area contributed by atoms with Crippen molar-refractivity contribution in [2.75, 3.05) is 0 Å². The van der Waals surface area contributed by atoms with Gasteiger partial charge in [-0.2, -0.15) is 9.78 Å². The van der Waals surface area contributed by atoms with Gasteiger partial charge in [0.2, 0.25) is 0 Å². The number of aliphatic imine (C=N–C) groups is 1. The lowest BCUT2D eigenvalue weighted by Crippen LogP contribution is -2.15. The van der Waals surface area contributed by atoms with E-state index in [0.717, 1.165) is 23.6 Å². The fraction of sp³-hybridized carbons (Fsp3) is 0.333. The van der Waals surface area contributed by atoms with Gasteiger partial charge in [0.25, 0.3) is 0 Å². The molecule has 1 aliphatic heterocycles. The van der Waals surface area contributed by atoms with Crippen LogP contribution < -0.4 is 0 Å². The number of nitrogens with zero attached hydrogens (tertiary/aromatic N) is 5. The van der Waals surface area contributed by atoms with E-state index in [2.05, 4.69) is 32.4 Å². The van der Waals surface area contributed by atoms with Gasteiger partial charge in [0.05, 0.1) is 24.1 Å². The molecule has 0 aliphatic carbocycles. The molecule has 1 aliphatic rings. The highest BCUT2D eigenvalue weighted by atomic mass is 15.5. The Morgan fingerprint density at radius 2 is 2.47 bits per heavy atom. The fourth-order valence-electron chi connectivity index (χ4n) is 1.69. The Hall–Kier alpha value is -1.98. The molecule has 1 atom stereocenters. The second-order valence-electron chi connectivity index (χ2n) is 3.61. The van der Waals surface area contributed by atoms with Crippen LogP contribution in [0.2, 0.25) is 0 Å². The van der Waals surface area contributed by atoms with Crippen molar-refractivity contribution in [3.63, 3.8) is 0 Å². The SMILES string of the molecule is CC1Cc2c(nnn2-c2ccn[nH]2)C=N1. The lowest BCUT2D eigenvalue weighted by atomic mass is 10.1. The summed E-state index contributed by atoms with van der Waals surface area (Å²) in [5, 5.41) is 14.9. The maximum atomic E-state index is 4.30. The van der Waals surface area contributed by atoms with Crippen molar-refractivity contribution in [1.29, 1.82) is 0 Å². The quantitative estimate of drug-likeness (QED) is 0.725. The molecule has 76 valence electrons. The van der Waals surface area contributed by atoms with Crippen molar-refractivity contribution in [3.8, 4) is 5.82 Å². The van der Waals surface area contributed by atoms with Gasteiger partial charge in [0.1, 0.15) is 5.69 Å². The second-order valence-corrected chi connectivity index (χ2v) is 3.61. The van der Waals surface area contributed by atoms with E-state index >= 15 is 0 Å². The van der Waals surface area contributed by atoms with E-state index in [9.17, 15) is 0 Å². The lowest BCUT2D eigenvalue weighted by Gasteiger charge is -2.11. The highest BCUT2D eigenvalue weighted by Crippen LogP contribution is 2.16. The molecule has 6 heteroatoms. The third kappa shape index (κ3) is 1.25. The first-order valence-electron chi connectivity index (χ1n) is 4.82. The number of nitrogens with one attached hydrogen (secondary N) is 1. The van der Waals surface area contributed by atoms with Gasteiger partial charge in [-0.25, -0.2) is 0 Å². The van der Waals surface area contributed by atoms with Gasteiger partial charge in [-0.05, 0) is 6.92 Å². The summed E-state index contributed by atoms with van der Waals surface area (Å²) in [6, 6.07) is 2.16. The third-order valence-corrected chi connectivity index (χ3v) is 2.45. The van der Waals surface area contributed by atoms with Crippen LogP contribution in [0.4, 0.5) is 0 Å². The Labute approximate surface area is 86.0 Å². The zero-order valence-electron chi connectivity index (χ0n) is 8.25. The van der Waals surface area contributed by atoms with Crippen molar-refractivity contribution in [1.82, 2.24) is 25.2 Å². The van der Waals surface area contributed by atoms with E-state index in [1.54, 1.807) is 17.1 Å². The summed E-state index contributed by atoms with van der Waals surface area (Å²) < 4.78 is 1.78. The third-order valence-electron chi connectivity index (χ3n) is 2.45. The predicted molar refractivity (Wildman–Crippen MR) is 54.3 cm³/mol. The van der Waals surface area contributed by atoms with Gasteiger partial charge in [-0.3, -0.25) is 10.1 Å². The van der Waals surface area contributed by atoms with E-state index < -0.39 is 0 Å². The standard InChI is InChI=1S/C9H10N6/c1-6-4-8-7(5-10-6)12-14-15(8)9-2-3-11-13-9/h2-3,5-6H,4H2,1H3,(H,11,13). The van der Waals surface area contributed by atoms with Gasteiger partial charge in [-0.1, -0.05) is 5.21 Å². The molecule has 0 amide bonds. The van der Waals surface area contributed by atoms with Crippen LogP contribution in [-0.2, 0) is 6.42 Å². The molecule has 0 aromatic carbocycles. The van der Waals surface area contributed by atoms with Gasteiger partial charge in [0.15, 0.2) is 5.82 Å². The molecule has 0 bridgehead atoms. The number of hydrogen-bond acceptors (Lipinski definition) is 4. The molecule has 2 aromatic rings. The van der Waals surface area contributed by atoms with E-state index in [1.807, 2.05) is 6.07 Å². The van der Waals surface area contributed by atoms with Crippen molar-refractivity contribution >= 4 is 6.21 Å². The minimum atomic E-state index is 0.290. The summed E-state index contributed by atoms with van der Waals surface area (Å²) in [7, 11) is 0. The fourth-order valence-corrected chi connectivity index (χ4v) is 1.69. The summed E-state index contributed by atoms with van der Waals surface area (Å²) in [6.45, 7) is 2.07. The van der Waals surface area contributed by atoms with Crippen LogP contribution in [0.3, 0.4) is 0 Å². The van der Waals surface area contributed by atoms with Crippen LogP contribution in [-0.4, -0.2) is 37.4 Å². The molecule has 6 nitrogen and oxygen atoms in total. The van der Waals surface area contributed by atoms with E-state index in [0.29, 0.717) is 0 Å². The topological polar surface area (TPSA) is 71.8 Å². The molecule has 0 saturated heterocycles. The second kappa shape index (κ2) is 3.01. The number of hydrogen-bond donors (Lipinski definition) is 1. The number of H-pyrrole nitrogens is 1. The van der Waals surface area contributed by atoms with Gasteiger partial charge < -0.3 is 0 Å². The Kier molecular flexibility index (Phi) is 1.67. The molecule has 3 heterocycles. The molecular formula is C9H10N6. The maximum Gasteiger partial charge on any atom is 0.151 e. The van der Waals surface area contributed by atoms with Gasteiger partial charge in [0, 0.05) is 12.5 Å². The Balaban J connectivity index is 2.12. The van der Waals surface area contributed by atoms with E-state index in [4.69, 9.17) is 0 Å². The molecule has 0 spiro atoms. The normalized spacial score (nSPS) is 19.1. The Morgan fingerprint density at radius 3 is 3.27 bits per heavy atom. The zero-order valence-corrected chi connectivity index (χ0v) is 8.25. The molecule has 15 heavy (non-hydrogen) atoms. The molecule has 0 radical (unpaired) electrons. The van der Waals surface area contributed by atoms with E-state index in [-0.39, 0.29) is 6.04 Å². The predicted octanol–water partition coefficient (Wildman–Crippen LogP) is 0.354. The number of fused-ring (bicyclic) bond motifs is 1. The molecule has 1 unspecified atom stereocenters. The van der Waals surface area contributed by atoms with Crippen molar-refractivity contribution in [2.24, 2.45) is 4.99 Å². The number of aromatic nitrogens is 5. The summed E-state index contributed by atoms with van der Waals surface area (Å²) in [4.78, 5) is 4.30. The minimum Gasteiger partial charge on any atom is -0.287 e. The van der Waals surface area contributed by atoms with Crippen LogP contribution in [0.25, 0.3) is 5.82 Å². The van der Waals surface area contributed by atoms with Crippen LogP contribution in [0.1, 0.15) is 18.3 Å². The molecule has 1 N–H and O–H groups in total. The van der Waals surface area contributed by atoms with Crippen LogP contribution in [0, 0.1) is 0 Å². The van der Waals surface area contributed by atoms with Crippen molar-refractivity contribution in [3.05, 3.63) is 23.7 Å². The molecule has 0 saturated carbocycles. The van der Waals surface area contributed by atoms with Crippen molar-refractivity contribution in [2.45, 2.75) is 19.4 Å².